The van der Waals surface area contributed by atoms with E-state index in [9.17, 15) is 32.7 Å². The lowest BCUT2D eigenvalue weighted by atomic mass is 10.0. The SMILES string of the molecule is Cc1ccc(OC(C)C(=O)[O-])c(-c2nsc3ccc(-n4c(=O)cc(C(F)(F)F)n(C)c4=O)cc23)c1. The van der Waals surface area contributed by atoms with E-state index in [1.807, 2.05) is 6.92 Å². The highest BCUT2D eigenvalue weighted by molar-refractivity contribution is 7.13. The van der Waals surface area contributed by atoms with Gasteiger partial charge in [-0.1, -0.05) is 11.6 Å². The molecule has 0 aliphatic carbocycles. The van der Waals surface area contributed by atoms with Gasteiger partial charge in [0.15, 0.2) is 0 Å². The largest absolute Gasteiger partial charge is 0.546 e. The summed E-state index contributed by atoms with van der Waals surface area (Å²) in [4.78, 5) is 36.4. The van der Waals surface area contributed by atoms with Crippen LogP contribution in [0, 0.1) is 6.92 Å². The molecular formula is C23H17F3N3O5S-. The number of carbonyl (C=O) groups is 1. The minimum Gasteiger partial charge on any atom is -0.546 e. The first-order chi connectivity index (χ1) is 16.4. The summed E-state index contributed by atoms with van der Waals surface area (Å²) in [6, 6.07) is 9.93. The lowest BCUT2D eigenvalue weighted by Crippen LogP contribution is -2.40. The number of ether oxygens (including phenoxy) is 1. The first-order valence-electron chi connectivity index (χ1n) is 10.2. The molecule has 0 saturated carbocycles. The van der Waals surface area contributed by atoms with Crippen LogP contribution in [0.2, 0.25) is 0 Å². The number of benzene rings is 2. The Labute approximate surface area is 199 Å². The van der Waals surface area contributed by atoms with Gasteiger partial charge in [-0.25, -0.2) is 9.36 Å². The van der Waals surface area contributed by atoms with Crippen molar-refractivity contribution in [1.29, 1.82) is 0 Å². The molecule has 0 amide bonds. The number of rotatable bonds is 5. The molecule has 0 radical (unpaired) electrons. The Hall–Kier alpha value is -3.93. The second-order valence-corrected chi connectivity index (χ2v) is 8.64. The van der Waals surface area contributed by atoms with Crippen molar-refractivity contribution >= 4 is 27.6 Å². The monoisotopic (exact) mass is 504 g/mol. The fourth-order valence-corrected chi connectivity index (χ4v) is 4.33. The van der Waals surface area contributed by atoms with E-state index >= 15 is 0 Å². The van der Waals surface area contributed by atoms with Crippen LogP contribution in [-0.2, 0) is 18.0 Å². The summed E-state index contributed by atoms with van der Waals surface area (Å²) in [6.07, 6.45) is -6.12. The van der Waals surface area contributed by atoms with E-state index in [2.05, 4.69) is 4.37 Å². The molecule has 1 unspecified atom stereocenters. The third-order valence-corrected chi connectivity index (χ3v) is 6.17. The molecule has 0 N–H and O–H groups in total. The van der Waals surface area contributed by atoms with Crippen LogP contribution in [0.5, 0.6) is 5.75 Å². The molecule has 12 heteroatoms. The van der Waals surface area contributed by atoms with Gasteiger partial charge in [0.25, 0.3) is 5.56 Å². The summed E-state index contributed by atoms with van der Waals surface area (Å²) in [7, 11) is 0.937. The summed E-state index contributed by atoms with van der Waals surface area (Å²) >= 11 is 1.12. The highest BCUT2D eigenvalue weighted by Crippen LogP contribution is 2.38. The predicted octanol–water partition coefficient (Wildman–Crippen LogP) is 2.66. The van der Waals surface area contributed by atoms with Crippen molar-refractivity contribution in [3.63, 3.8) is 0 Å². The second kappa shape index (κ2) is 8.69. The molecule has 8 nitrogen and oxygen atoms in total. The number of carboxylic acid groups (broad SMARTS) is 1. The van der Waals surface area contributed by atoms with Crippen LogP contribution in [0.4, 0.5) is 13.2 Å². The molecule has 35 heavy (non-hydrogen) atoms. The Morgan fingerprint density at radius 1 is 1.14 bits per heavy atom. The first-order valence-corrected chi connectivity index (χ1v) is 10.9. The lowest BCUT2D eigenvalue weighted by molar-refractivity contribution is -0.312. The quantitative estimate of drug-likeness (QED) is 0.414. The third-order valence-electron chi connectivity index (χ3n) is 5.35. The van der Waals surface area contributed by atoms with Crippen LogP contribution in [0.1, 0.15) is 18.2 Å². The minimum absolute atomic E-state index is 0.0523. The summed E-state index contributed by atoms with van der Waals surface area (Å²) in [5.74, 6) is -1.17. The van der Waals surface area contributed by atoms with Crippen molar-refractivity contribution in [3.8, 4) is 22.7 Å². The number of aryl methyl sites for hydroxylation is 1. The van der Waals surface area contributed by atoms with Crippen molar-refractivity contribution < 1.29 is 27.8 Å². The van der Waals surface area contributed by atoms with Crippen LogP contribution >= 0.6 is 11.5 Å². The minimum atomic E-state index is -4.87. The third kappa shape index (κ3) is 4.44. The summed E-state index contributed by atoms with van der Waals surface area (Å²) in [5, 5.41) is 11.7. The molecule has 2 aromatic carbocycles. The van der Waals surface area contributed by atoms with Gasteiger partial charge >= 0.3 is 11.9 Å². The van der Waals surface area contributed by atoms with Gasteiger partial charge < -0.3 is 14.6 Å². The van der Waals surface area contributed by atoms with Crippen molar-refractivity contribution in [2.75, 3.05) is 0 Å². The number of carbonyl (C=O) groups excluding carboxylic acids is 1. The average Bonchev–Trinajstić information content (AvgIpc) is 3.20. The zero-order chi connectivity index (χ0) is 25.7. The van der Waals surface area contributed by atoms with Gasteiger partial charge in [0.1, 0.15) is 17.5 Å². The molecule has 0 aliphatic heterocycles. The summed E-state index contributed by atoms with van der Waals surface area (Å²) in [6.45, 7) is 3.14. The standard InChI is InChI=1S/C23H18F3N3O5S/c1-11-4-6-16(34-12(2)21(31)32)14(8-11)20-15-9-13(5-7-17(15)35-27-20)29-19(30)10-18(23(24,25)26)28(3)22(29)33/h4-10,12H,1-3H3,(H,31,32)/p-1. The van der Waals surface area contributed by atoms with Crippen LogP contribution < -0.4 is 21.1 Å². The zero-order valence-electron chi connectivity index (χ0n) is 18.5. The number of nitrogens with zero attached hydrogens (tertiary/aromatic N) is 3. The number of aromatic nitrogens is 3. The number of fused-ring (bicyclic) bond motifs is 1. The molecule has 2 heterocycles. The van der Waals surface area contributed by atoms with Crippen LogP contribution in [0.15, 0.2) is 52.1 Å². The molecule has 0 spiro atoms. The maximum atomic E-state index is 13.2. The Morgan fingerprint density at radius 3 is 2.51 bits per heavy atom. The molecule has 0 aliphatic rings. The predicted molar refractivity (Wildman–Crippen MR) is 121 cm³/mol. The van der Waals surface area contributed by atoms with Crippen molar-refractivity contribution in [3.05, 3.63) is 74.6 Å². The molecule has 4 aromatic rings. The lowest BCUT2D eigenvalue weighted by Gasteiger charge is -2.18. The summed E-state index contributed by atoms with van der Waals surface area (Å²) < 4.78 is 51.2. The smallest absolute Gasteiger partial charge is 0.431 e. The molecule has 0 bridgehead atoms. The Morgan fingerprint density at radius 2 is 1.86 bits per heavy atom. The maximum absolute atomic E-state index is 13.2. The fourth-order valence-electron chi connectivity index (χ4n) is 3.57. The average molecular weight is 504 g/mol. The molecule has 182 valence electrons. The van der Waals surface area contributed by atoms with E-state index in [0.29, 0.717) is 36.5 Å². The molecule has 0 saturated heterocycles. The van der Waals surface area contributed by atoms with Crippen molar-refractivity contribution in [2.45, 2.75) is 26.1 Å². The van der Waals surface area contributed by atoms with Crippen molar-refractivity contribution in [2.24, 2.45) is 7.05 Å². The normalized spacial score (nSPS) is 12.6. The van der Waals surface area contributed by atoms with Gasteiger partial charge in [-0.2, -0.15) is 17.5 Å². The van der Waals surface area contributed by atoms with Gasteiger partial charge in [-0.05, 0) is 55.7 Å². The highest BCUT2D eigenvalue weighted by Gasteiger charge is 2.35. The van der Waals surface area contributed by atoms with Crippen molar-refractivity contribution in [1.82, 2.24) is 13.5 Å². The van der Waals surface area contributed by atoms with Gasteiger partial charge in [-0.15, -0.1) is 0 Å². The molecule has 0 fully saturated rings. The van der Waals surface area contributed by atoms with Gasteiger partial charge in [0.05, 0.1) is 22.1 Å². The van der Waals surface area contributed by atoms with Gasteiger partial charge in [-0.3, -0.25) is 9.36 Å². The Balaban J connectivity index is 1.91. The van der Waals surface area contributed by atoms with E-state index in [4.69, 9.17) is 4.74 Å². The number of hydrogen-bond donors (Lipinski definition) is 0. The second-order valence-electron chi connectivity index (χ2n) is 7.83. The van der Waals surface area contributed by atoms with E-state index in [0.717, 1.165) is 24.1 Å². The maximum Gasteiger partial charge on any atom is 0.431 e. The van der Waals surface area contributed by atoms with Gasteiger partial charge in [0.2, 0.25) is 0 Å². The number of halogens is 3. The molecule has 4 rings (SSSR count). The highest BCUT2D eigenvalue weighted by atomic mass is 32.1. The van der Waals surface area contributed by atoms with E-state index < -0.39 is 35.2 Å². The zero-order valence-corrected chi connectivity index (χ0v) is 19.4. The Kier molecular flexibility index (Phi) is 6.01. The summed E-state index contributed by atoms with van der Waals surface area (Å²) in [5.41, 5.74) is -1.90. The van der Waals surface area contributed by atoms with Crippen LogP contribution in [0.3, 0.4) is 0 Å². The fraction of sp³-hybridized carbons (Fsp3) is 0.217. The van der Waals surface area contributed by atoms with E-state index in [1.165, 1.54) is 19.1 Å². The number of carboxylic acids is 1. The molecule has 1 atom stereocenters. The number of alkyl halides is 3. The molecule has 2 aromatic heterocycles. The molecular weight excluding hydrogens is 487 g/mol. The first kappa shape index (κ1) is 24.2. The van der Waals surface area contributed by atoms with E-state index in [-0.39, 0.29) is 11.4 Å². The van der Waals surface area contributed by atoms with Gasteiger partial charge in [0, 0.05) is 24.1 Å². The Bertz CT molecular complexity index is 1590. The number of aliphatic carboxylic acids is 1. The number of hydrogen-bond acceptors (Lipinski definition) is 7. The topological polar surface area (TPSA) is 106 Å². The van der Waals surface area contributed by atoms with Crippen LogP contribution in [0.25, 0.3) is 27.0 Å². The van der Waals surface area contributed by atoms with E-state index in [1.54, 1.807) is 24.3 Å². The van der Waals surface area contributed by atoms with Crippen LogP contribution in [-0.4, -0.2) is 25.6 Å².